The van der Waals surface area contributed by atoms with Crippen LogP contribution in [0.15, 0.2) is 36.4 Å². The first-order valence-electron chi connectivity index (χ1n) is 17.6. The van der Waals surface area contributed by atoms with Crippen molar-refractivity contribution in [3.8, 4) is 0 Å². The summed E-state index contributed by atoms with van der Waals surface area (Å²) < 4.78 is 43.1. The monoisotopic (exact) mass is 833 g/mol. The van der Waals surface area contributed by atoms with Crippen molar-refractivity contribution in [1.29, 1.82) is 0 Å². The Labute approximate surface area is 334 Å². The number of alkyl halides is 5. The maximum absolute atomic E-state index is 14.6. The molecule has 18 heteroatoms. The number of nitrogens with one attached hydrogen (secondary N) is 3. The van der Waals surface area contributed by atoms with Crippen LogP contribution in [-0.2, 0) is 33.4 Å². The zero-order valence-corrected chi connectivity index (χ0v) is 34.0. The number of carbonyl (C=O) groups excluding carboxylic acids is 5. The van der Waals surface area contributed by atoms with Crippen LogP contribution in [0.25, 0.3) is 17.0 Å². The Bertz CT molecular complexity index is 1730. The van der Waals surface area contributed by atoms with E-state index in [-0.39, 0.29) is 6.54 Å². The van der Waals surface area contributed by atoms with E-state index in [9.17, 15) is 32.8 Å². The molecule has 3 amide bonds. The van der Waals surface area contributed by atoms with Crippen molar-refractivity contribution in [2.75, 3.05) is 26.5 Å². The first kappa shape index (κ1) is 45.6. The second-order valence-electron chi connectivity index (χ2n) is 14.6. The van der Waals surface area contributed by atoms with Crippen molar-refractivity contribution in [2.24, 2.45) is 11.3 Å². The Kier molecular flexibility index (Phi) is 16.1. The highest BCUT2D eigenvalue weighted by atomic mass is 35.6. The van der Waals surface area contributed by atoms with Crippen molar-refractivity contribution in [1.82, 2.24) is 26.1 Å². The van der Waals surface area contributed by atoms with Crippen LogP contribution in [0.1, 0.15) is 78.6 Å². The minimum Gasteiger partial charge on any atom is -0.460 e. The highest BCUT2D eigenvalue weighted by molar-refractivity contribution is 6.67. The van der Waals surface area contributed by atoms with Gasteiger partial charge in [-0.2, -0.15) is 0 Å². The van der Waals surface area contributed by atoms with Crippen LogP contribution in [0.2, 0.25) is 0 Å². The van der Waals surface area contributed by atoms with Crippen molar-refractivity contribution in [2.45, 2.75) is 94.9 Å². The lowest BCUT2D eigenvalue weighted by molar-refractivity contribution is -0.168. The molecule has 1 aliphatic heterocycles. The number of rotatable bonds is 14. The fourth-order valence-electron chi connectivity index (χ4n) is 5.30. The third-order valence-corrected chi connectivity index (χ3v) is 8.66. The number of hydrogen-bond acceptors (Lipinski definition) is 10. The van der Waals surface area contributed by atoms with Gasteiger partial charge in [0.15, 0.2) is 6.10 Å². The maximum atomic E-state index is 14.6. The van der Waals surface area contributed by atoms with E-state index in [4.69, 9.17) is 49.0 Å². The van der Waals surface area contributed by atoms with E-state index >= 15 is 0 Å². The first-order valence-corrected chi connectivity index (χ1v) is 18.7. The van der Waals surface area contributed by atoms with Gasteiger partial charge in [-0.05, 0) is 71.1 Å². The summed E-state index contributed by atoms with van der Waals surface area (Å²) in [5.74, 6) is -4.21. The predicted octanol–water partition coefficient (Wildman–Crippen LogP) is 6.24. The van der Waals surface area contributed by atoms with E-state index < -0.39 is 94.8 Å². The largest absolute Gasteiger partial charge is 0.460 e. The van der Waals surface area contributed by atoms with Crippen LogP contribution in [-0.4, -0.2) is 93.9 Å². The van der Waals surface area contributed by atoms with Gasteiger partial charge in [-0.3, -0.25) is 29.2 Å². The first-order chi connectivity index (χ1) is 25.6. The molecule has 1 aliphatic rings. The Morgan fingerprint density at radius 2 is 1.67 bits per heavy atom. The number of esters is 2. The molecule has 3 unspecified atom stereocenters. The number of hydrogen-bond donors (Lipinski definition) is 3. The summed E-state index contributed by atoms with van der Waals surface area (Å²) >= 11 is 16.9. The number of halogens is 5. The second kappa shape index (κ2) is 19.4. The number of amides is 3. The quantitative estimate of drug-likeness (QED) is 0.113. The number of nitrogens with zero attached hydrogens (tertiary/aromatic N) is 2. The molecule has 0 aliphatic carbocycles. The molecule has 13 nitrogen and oxygen atoms in total. The summed E-state index contributed by atoms with van der Waals surface area (Å²) in [4.78, 5) is 69.3. The van der Waals surface area contributed by atoms with E-state index in [1.165, 1.54) is 13.0 Å². The van der Waals surface area contributed by atoms with Crippen LogP contribution in [0.5, 0.6) is 0 Å². The number of aromatic nitrogens is 1. The maximum Gasteiger partial charge on any atom is 0.408 e. The molecule has 0 spiro atoms. The van der Waals surface area contributed by atoms with Crippen LogP contribution in [0.4, 0.5) is 13.6 Å². The third kappa shape index (κ3) is 13.4. The highest BCUT2D eigenvalue weighted by Crippen LogP contribution is 2.29. The highest BCUT2D eigenvalue weighted by Gasteiger charge is 2.42. The van der Waals surface area contributed by atoms with E-state index in [2.05, 4.69) is 21.0 Å². The van der Waals surface area contributed by atoms with Crippen molar-refractivity contribution < 1.29 is 47.0 Å². The number of hydrazine groups is 1. The van der Waals surface area contributed by atoms with Crippen molar-refractivity contribution in [3.63, 3.8) is 0 Å². The zero-order chi connectivity index (χ0) is 41.3. The summed E-state index contributed by atoms with van der Waals surface area (Å²) in [7, 11) is 0. The van der Waals surface area contributed by atoms with Gasteiger partial charge in [0.1, 0.15) is 43.1 Å². The van der Waals surface area contributed by atoms with E-state index in [0.717, 1.165) is 16.5 Å². The second-order valence-corrected chi connectivity index (χ2v) is 17.2. The zero-order valence-electron chi connectivity index (χ0n) is 31.7. The SMILES string of the molecule is CC(NC(=O)C(OC(=O)C(/C=C/c1ccc2ccc(C(C)NC(=O)OC(C)(C)C)nc2c1)(CF)CF)C(C)C)C(=O)N1CCC[C@@H](C(=O)OCC(Cl)(Cl)Cl)N1. The minimum atomic E-state index is -2.39. The predicted molar refractivity (Wildman–Crippen MR) is 204 cm³/mol. The fraction of sp³-hybridized carbons (Fsp3) is 0.568. The summed E-state index contributed by atoms with van der Waals surface area (Å²) in [5.41, 5.74) is 1.19. The summed E-state index contributed by atoms with van der Waals surface area (Å²) in [6.07, 6.45) is 1.03. The van der Waals surface area contributed by atoms with Crippen LogP contribution in [0, 0.1) is 11.3 Å². The molecule has 3 rings (SSSR count). The lowest BCUT2D eigenvalue weighted by atomic mass is 9.89. The van der Waals surface area contributed by atoms with Gasteiger partial charge in [0.25, 0.3) is 11.8 Å². The van der Waals surface area contributed by atoms with Crippen LogP contribution in [0.3, 0.4) is 0 Å². The van der Waals surface area contributed by atoms with E-state index in [1.54, 1.807) is 65.8 Å². The number of carbonyl (C=O) groups is 5. The lowest BCUT2D eigenvalue weighted by Crippen LogP contribution is -2.60. The van der Waals surface area contributed by atoms with E-state index in [0.29, 0.717) is 29.6 Å². The fourth-order valence-corrected chi connectivity index (χ4v) is 5.46. The average molecular weight is 835 g/mol. The normalized spacial score (nSPS) is 17.0. The van der Waals surface area contributed by atoms with Gasteiger partial charge >= 0.3 is 18.0 Å². The smallest absolute Gasteiger partial charge is 0.408 e. The minimum absolute atomic E-state index is 0.205. The van der Waals surface area contributed by atoms with Gasteiger partial charge in [-0.25, -0.2) is 19.0 Å². The molecular formula is C37H48Cl3F2N5O8. The molecule has 0 bridgehead atoms. The number of fused-ring (bicyclic) bond motifs is 1. The van der Waals surface area contributed by atoms with Gasteiger partial charge in [0.05, 0.1) is 17.3 Å². The molecule has 2 aromatic rings. The Hall–Kier alpha value is -3.79. The molecule has 304 valence electrons. The number of benzene rings is 1. The topological polar surface area (TPSA) is 165 Å². The molecule has 1 fully saturated rings. The van der Waals surface area contributed by atoms with Gasteiger partial charge in [-0.1, -0.05) is 79.0 Å². The standard InChI is InChI=1S/C37H48Cl3F2N5O8/c1-21(2)29(30(48)43-23(4)31(49)47-16-8-9-27(46-47)32(50)53-20-37(38,39)40)54-33(51)36(18-41,19-42)15-14-24-10-11-25-12-13-26(45-28(25)17-24)22(3)44-34(52)55-35(5,6)7/h10-15,17,21-23,27,29,46H,8-9,16,18-20H2,1-7H3,(H,43,48)(H,44,52)/b15-14+/t22?,23?,27-,29?/m0/s1. The van der Waals surface area contributed by atoms with Crippen molar-refractivity contribution in [3.05, 3.63) is 47.7 Å². The molecule has 1 saturated heterocycles. The molecule has 4 atom stereocenters. The van der Waals surface area contributed by atoms with Gasteiger partial charge in [0, 0.05) is 11.9 Å². The molecule has 0 saturated carbocycles. The molecule has 55 heavy (non-hydrogen) atoms. The number of alkyl carbamates (subject to hydrolysis) is 1. The van der Waals surface area contributed by atoms with Crippen LogP contribution < -0.4 is 16.1 Å². The average Bonchev–Trinajstić information content (AvgIpc) is 3.11. The summed E-state index contributed by atoms with van der Waals surface area (Å²) in [6, 6.07) is 6.03. The molecule has 1 aromatic heterocycles. The molecule has 2 heterocycles. The lowest BCUT2D eigenvalue weighted by Gasteiger charge is -2.35. The summed E-state index contributed by atoms with van der Waals surface area (Å²) in [5, 5.41) is 7.12. The Morgan fingerprint density at radius 1 is 1.02 bits per heavy atom. The van der Waals surface area contributed by atoms with Crippen molar-refractivity contribution >= 4 is 81.6 Å². The van der Waals surface area contributed by atoms with Gasteiger partial charge < -0.3 is 24.8 Å². The van der Waals surface area contributed by atoms with Gasteiger partial charge in [-0.15, -0.1) is 0 Å². The molecule has 0 radical (unpaired) electrons. The third-order valence-electron chi connectivity index (χ3n) is 8.33. The van der Waals surface area contributed by atoms with Crippen LogP contribution >= 0.6 is 34.8 Å². The van der Waals surface area contributed by atoms with Gasteiger partial charge in [0.2, 0.25) is 3.79 Å². The van der Waals surface area contributed by atoms with E-state index in [1.807, 2.05) is 6.07 Å². The number of pyridine rings is 1. The molecule has 1 aromatic carbocycles. The number of ether oxygens (including phenoxy) is 3. The molecule has 3 N–H and O–H groups in total. The molecular weight excluding hydrogens is 787 g/mol. The Balaban J connectivity index is 1.70. The Morgan fingerprint density at radius 3 is 2.27 bits per heavy atom. The summed E-state index contributed by atoms with van der Waals surface area (Å²) in [6.45, 7) is 8.26.